The van der Waals surface area contributed by atoms with Gasteiger partial charge in [-0.15, -0.1) is 0 Å². The number of rotatable bonds is 9. The zero-order valence-electron chi connectivity index (χ0n) is 17.6. The number of aromatic hydroxyl groups is 1. The van der Waals surface area contributed by atoms with Gasteiger partial charge in [-0.2, -0.15) is 0 Å². The number of methoxy groups -OCH3 is 1. The largest absolute Gasteiger partial charge is 0.504 e. The molecule has 3 aromatic carbocycles. The van der Waals surface area contributed by atoms with Crippen LogP contribution in [0.2, 0.25) is 0 Å². The van der Waals surface area contributed by atoms with E-state index < -0.39 is 18.3 Å². The lowest BCUT2D eigenvalue weighted by molar-refractivity contribution is -0.0484. The van der Waals surface area contributed by atoms with Crippen molar-refractivity contribution < 1.29 is 29.2 Å². The maximum absolute atomic E-state index is 12.8. The predicted octanol–water partition coefficient (Wildman–Crippen LogP) is 4.63. The Labute approximate surface area is 181 Å². The highest BCUT2D eigenvalue weighted by atomic mass is 16.6. The fourth-order valence-electron chi connectivity index (χ4n) is 3.50. The Kier molecular flexibility index (Phi) is 7.70. The first kappa shape index (κ1) is 22.4. The number of anilines is 1. The second-order valence-electron chi connectivity index (χ2n) is 6.91. The van der Waals surface area contributed by atoms with Gasteiger partial charge < -0.3 is 24.4 Å². The SMILES string of the molecule is CCO[C@@H](CCO)[C@@H](OC(=O)Nc1cccc2ccccc12)c1ccc(OC)c(O)c1. The summed E-state index contributed by atoms with van der Waals surface area (Å²) in [6, 6.07) is 18.1. The fraction of sp³-hybridized carbons (Fsp3) is 0.292. The van der Waals surface area contributed by atoms with Crippen molar-refractivity contribution in [2.45, 2.75) is 25.6 Å². The number of hydrogen-bond donors (Lipinski definition) is 3. The second-order valence-corrected chi connectivity index (χ2v) is 6.91. The summed E-state index contributed by atoms with van der Waals surface area (Å²) in [6.07, 6.45) is -1.86. The molecule has 1 amide bonds. The Bertz CT molecular complexity index is 1010. The molecule has 0 radical (unpaired) electrons. The number of phenols is 1. The Morgan fingerprint density at radius 1 is 1.10 bits per heavy atom. The van der Waals surface area contributed by atoms with Gasteiger partial charge in [-0.3, -0.25) is 5.32 Å². The van der Waals surface area contributed by atoms with Crippen LogP contribution >= 0.6 is 0 Å². The molecule has 0 spiro atoms. The number of benzene rings is 3. The van der Waals surface area contributed by atoms with Gasteiger partial charge in [0.2, 0.25) is 0 Å². The van der Waals surface area contributed by atoms with Gasteiger partial charge in [0, 0.05) is 25.0 Å². The molecule has 0 saturated heterocycles. The van der Waals surface area contributed by atoms with Crippen molar-refractivity contribution in [3.05, 3.63) is 66.2 Å². The van der Waals surface area contributed by atoms with Crippen LogP contribution < -0.4 is 10.1 Å². The molecule has 0 aliphatic rings. The normalized spacial score (nSPS) is 12.9. The number of aliphatic hydroxyl groups is 1. The first-order chi connectivity index (χ1) is 15.1. The summed E-state index contributed by atoms with van der Waals surface area (Å²) in [5, 5.41) is 24.3. The minimum Gasteiger partial charge on any atom is -0.504 e. The monoisotopic (exact) mass is 425 g/mol. The quantitative estimate of drug-likeness (QED) is 0.462. The highest BCUT2D eigenvalue weighted by Crippen LogP contribution is 2.34. The molecule has 0 bridgehead atoms. The molecule has 0 heterocycles. The molecule has 164 valence electrons. The third-order valence-electron chi connectivity index (χ3n) is 4.92. The molecule has 0 unspecified atom stereocenters. The Balaban J connectivity index is 1.88. The minimum atomic E-state index is -0.848. The van der Waals surface area contributed by atoms with Gasteiger partial charge in [0.25, 0.3) is 0 Å². The van der Waals surface area contributed by atoms with Crippen molar-refractivity contribution in [1.82, 2.24) is 0 Å². The molecule has 0 aliphatic heterocycles. The predicted molar refractivity (Wildman–Crippen MR) is 119 cm³/mol. The van der Waals surface area contributed by atoms with Crippen LogP contribution in [-0.4, -0.2) is 42.7 Å². The average Bonchev–Trinajstić information content (AvgIpc) is 2.77. The van der Waals surface area contributed by atoms with Gasteiger partial charge in [-0.25, -0.2) is 4.79 Å². The summed E-state index contributed by atoms with van der Waals surface area (Å²) in [4.78, 5) is 12.8. The van der Waals surface area contributed by atoms with E-state index in [2.05, 4.69) is 5.32 Å². The highest BCUT2D eigenvalue weighted by molar-refractivity contribution is 6.00. The van der Waals surface area contributed by atoms with E-state index in [-0.39, 0.29) is 18.8 Å². The van der Waals surface area contributed by atoms with Crippen LogP contribution in [0.5, 0.6) is 11.5 Å². The second kappa shape index (κ2) is 10.7. The zero-order chi connectivity index (χ0) is 22.2. The molecule has 0 aromatic heterocycles. The van der Waals surface area contributed by atoms with Gasteiger partial charge in [0.1, 0.15) is 6.10 Å². The van der Waals surface area contributed by atoms with Crippen molar-refractivity contribution in [1.29, 1.82) is 0 Å². The highest BCUT2D eigenvalue weighted by Gasteiger charge is 2.28. The van der Waals surface area contributed by atoms with Gasteiger partial charge in [-0.05, 0) is 36.1 Å². The van der Waals surface area contributed by atoms with Crippen LogP contribution in [0.15, 0.2) is 60.7 Å². The van der Waals surface area contributed by atoms with Crippen LogP contribution in [0.1, 0.15) is 25.0 Å². The molecule has 31 heavy (non-hydrogen) atoms. The van der Waals surface area contributed by atoms with E-state index in [1.165, 1.54) is 13.2 Å². The third kappa shape index (κ3) is 5.45. The van der Waals surface area contributed by atoms with E-state index in [4.69, 9.17) is 14.2 Å². The van der Waals surface area contributed by atoms with E-state index in [1.807, 2.05) is 43.3 Å². The minimum absolute atomic E-state index is 0.0812. The summed E-state index contributed by atoms with van der Waals surface area (Å²) in [5.74, 6) is 0.222. The Morgan fingerprint density at radius 2 is 1.87 bits per heavy atom. The smallest absolute Gasteiger partial charge is 0.412 e. The summed E-state index contributed by atoms with van der Waals surface area (Å²) >= 11 is 0. The number of nitrogens with one attached hydrogen (secondary N) is 1. The van der Waals surface area contributed by atoms with Crippen LogP contribution in [0.3, 0.4) is 0 Å². The lowest BCUT2D eigenvalue weighted by atomic mass is 10.0. The van der Waals surface area contributed by atoms with Crippen LogP contribution in [0, 0.1) is 0 Å². The topological polar surface area (TPSA) is 97.2 Å². The fourth-order valence-corrected chi connectivity index (χ4v) is 3.50. The third-order valence-corrected chi connectivity index (χ3v) is 4.92. The Morgan fingerprint density at radius 3 is 2.58 bits per heavy atom. The molecule has 7 heteroatoms. The molecule has 2 atom stereocenters. The lowest BCUT2D eigenvalue weighted by Crippen LogP contribution is -2.29. The van der Waals surface area contributed by atoms with Crippen LogP contribution in [0.4, 0.5) is 10.5 Å². The number of aliphatic hydroxyl groups excluding tert-OH is 1. The number of hydrogen-bond acceptors (Lipinski definition) is 6. The summed E-state index contributed by atoms with van der Waals surface area (Å²) < 4.78 is 16.6. The number of ether oxygens (including phenoxy) is 3. The van der Waals surface area contributed by atoms with Crippen molar-refractivity contribution in [3.8, 4) is 11.5 Å². The summed E-state index contributed by atoms with van der Waals surface area (Å²) in [6.45, 7) is 2.05. The van der Waals surface area contributed by atoms with E-state index in [1.54, 1.807) is 18.2 Å². The van der Waals surface area contributed by atoms with Crippen LogP contribution in [0.25, 0.3) is 10.8 Å². The zero-order valence-corrected chi connectivity index (χ0v) is 17.6. The molecular formula is C24H27NO6. The van der Waals surface area contributed by atoms with Gasteiger partial charge >= 0.3 is 6.09 Å². The average molecular weight is 425 g/mol. The molecule has 3 aromatic rings. The number of carbonyl (C=O) groups excluding carboxylic acids is 1. The summed E-state index contributed by atoms with van der Waals surface area (Å²) in [7, 11) is 1.45. The molecule has 0 fully saturated rings. The van der Waals surface area contributed by atoms with Crippen molar-refractivity contribution >= 4 is 22.6 Å². The number of carbonyl (C=O) groups is 1. The van der Waals surface area contributed by atoms with Crippen LogP contribution in [-0.2, 0) is 9.47 Å². The van der Waals surface area contributed by atoms with Gasteiger partial charge in [-0.1, -0.05) is 42.5 Å². The van der Waals surface area contributed by atoms with Crippen molar-refractivity contribution in [2.24, 2.45) is 0 Å². The first-order valence-electron chi connectivity index (χ1n) is 10.1. The van der Waals surface area contributed by atoms with Crippen molar-refractivity contribution in [3.63, 3.8) is 0 Å². The Hall–Kier alpha value is -3.29. The maximum atomic E-state index is 12.8. The standard InChI is InChI=1S/C24H27NO6/c1-3-30-22(13-14-26)23(17-11-12-21(29-2)20(27)15-17)31-24(28)25-19-10-6-8-16-7-4-5-9-18(16)19/h4-12,15,22-23,26-27H,3,13-14H2,1-2H3,(H,25,28)/t22-,23-/m0/s1. The molecule has 0 aliphatic carbocycles. The molecular weight excluding hydrogens is 398 g/mol. The van der Waals surface area contributed by atoms with E-state index >= 15 is 0 Å². The number of amides is 1. The van der Waals surface area contributed by atoms with E-state index in [9.17, 15) is 15.0 Å². The summed E-state index contributed by atoms with van der Waals surface area (Å²) in [5.41, 5.74) is 1.15. The van der Waals surface area contributed by atoms with E-state index in [0.29, 0.717) is 23.6 Å². The van der Waals surface area contributed by atoms with Crippen molar-refractivity contribution in [2.75, 3.05) is 25.6 Å². The van der Waals surface area contributed by atoms with Gasteiger partial charge in [0.15, 0.2) is 17.6 Å². The lowest BCUT2D eigenvalue weighted by Gasteiger charge is -2.27. The number of phenolic OH excluding ortho intramolecular Hbond substituents is 1. The maximum Gasteiger partial charge on any atom is 0.412 e. The molecule has 7 nitrogen and oxygen atoms in total. The molecule has 3 rings (SSSR count). The van der Waals surface area contributed by atoms with Gasteiger partial charge in [0.05, 0.1) is 12.8 Å². The van der Waals surface area contributed by atoms with E-state index in [0.717, 1.165) is 10.8 Å². The molecule has 3 N–H and O–H groups in total. The number of fused-ring (bicyclic) bond motifs is 1. The first-order valence-corrected chi connectivity index (χ1v) is 10.1. The molecule has 0 saturated carbocycles.